The second-order valence-electron chi connectivity index (χ2n) is 5.13. The maximum Gasteiger partial charge on any atom is 0.304 e. The van der Waals surface area contributed by atoms with Crippen LogP contribution in [-0.4, -0.2) is 34.6 Å². The van der Waals surface area contributed by atoms with E-state index in [0.29, 0.717) is 6.54 Å². The molecule has 0 aliphatic heterocycles. The minimum Gasteiger partial charge on any atom is -0.481 e. The Kier molecular flexibility index (Phi) is 5.15. The van der Waals surface area contributed by atoms with Crippen molar-refractivity contribution in [1.29, 1.82) is 0 Å². The largest absolute Gasteiger partial charge is 0.481 e. The fourth-order valence-electron chi connectivity index (χ4n) is 1.71. The molecule has 0 spiro atoms. The minimum absolute atomic E-state index is 0.0205. The smallest absolute Gasteiger partial charge is 0.304 e. The Morgan fingerprint density at radius 2 is 2.12 bits per heavy atom. The molecule has 0 bridgehead atoms. The van der Waals surface area contributed by atoms with Gasteiger partial charge in [-0.05, 0) is 38.6 Å². The fourth-order valence-corrected chi connectivity index (χ4v) is 2.41. The van der Waals surface area contributed by atoms with Gasteiger partial charge in [-0.2, -0.15) is 0 Å². The van der Waals surface area contributed by atoms with Crippen molar-refractivity contribution < 1.29 is 9.90 Å². The van der Waals surface area contributed by atoms with E-state index in [1.807, 2.05) is 0 Å². The van der Waals surface area contributed by atoms with Crippen LogP contribution in [0.3, 0.4) is 0 Å². The lowest BCUT2D eigenvalue weighted by Gasteiger charge is -2.35. The van der Waals surface area contributed by atoms with Crippen LogP contribution in [0.5, 0.6) is 0 Å². The zero-order valence-electron chi connectivity index (χ0n) is 10.8. The Labute approximate surface area is 107 Å². The molecule has 1 heterocycles. The molecule has 0 radical (unpaired) electrons. The maximum absolute atomic E-state index is 10.6. The van der Waals surface area contributed by atoms with Gasteiger partial charge in [-0.25, -0.2) is 0 Å². The molecule has 1 aromatic heterocycles. The normalized spacial score (nSPS) is 12.0. The van der Waals surface area contributed by atoms with Crippen molar-refractivity contribution in [2.45, 2.75) is 39.2 Å². The van der Waals surface area contributed by atoms with Crippen molar-refractivity contribution in [3.05, 3.63) is 22.4 Å². The molecule has 0 fully saturated rings. The predicted octanol–water partition coefficient (Wildman–Crippen LogP) is 2.87. The molecule has 0 unspecified atom stereocenters. The first-order chi connectivity index (χ1) is 7.89. The highest BCUT2D eigenvalue weighted by Gasteiger charge is 2.21. The van der Waals surface area contributed by atoms with Gasteiger partial charge in [0.25, 0.3) is 0 Å². The van der Waals surface area contributed by atoms with E-state index >= 15 is 0 Å². The summed E-state index contributed by atoms with van der Waals surface area (Å²) in [7, 11) is 0. The molecule has 4 heteroatoms. The highest BCUT2D eigenvalue weighted by atomic mass is 32.1. The molecule has 1 N–H and O–H groups in total. The van der Waals surface area contributed by atoms with E-state index in [0.717, 1.165) is 13.0 Å². The Bertz CT molecular complexity index is 341. The molecule has 0 atom stereocenters. The van der Waals surface area contributed by atoms with Crippen LogP contribution in [0.2, 0.25) is 0 Å². The second kappa shape index (κ2) is 6.17. The highest BCUT2D eigenvalue weighted by molar-refractivity contribution is 7.09. The van der Waals surface area contributed by atoms with Crippen LogP contribution < -0.4 is 0 Å². The summed E-state index contributed by atoms with van der Waals surface area (Å²) in [6.07, 6.45) is 1.20. The van der Waals surface area contributed by atoms with E-state index in [2.05, 4.69) is 43.2 Å². The molecule has 1 aromatic rings. The van der Waals surface area contributed by atoms with Gasteiger partial charge < -0.3 is 5.11 Å². The monoisotopic (exact) mass is 255 g/mol. The molecule has 0 amide bonds. The average molecular weight is 255 g/mol. The Morgan fingerprint density at radius 1 is 1.41 bits per heavy atom. The van der Waals surface area contributed by atoms with Crippen LogP contribution in [0.4, 0.5) is 0 Å². The predicted molar refractivity (Wildman–Crippen MR) is 71.6 cm³/mol. The number of nitrogens with zero attached hydrogens (tertiary/aromatic N) is 1. The SMILES string of the molecule is CC(C)(C)N(CCC(=O)O)CCc1cccs1. The zero-order valence-corrected chi connectivity index (χ0v) is 11.6. The third-order valence-corrected chi connectivity index (χ3v) is 3.69. The number of hydrogen-bond acceptors (Lipinski definition) is 3. The average Bonchev–Trinajstić information content (AvgIpc) is 2.67. The van der Waals surface area contributed by atoms with Crippen molar-refractivity contribution in [2.24, 2.45) is 0 Å². The minimum atomic E-state index is -0.727. The molecular weight excluding hydrogens is 234 g/mol. The van der Waals surface area contributed by atoms with E-state index in [1.54, 1.807) is 11.3 Å². The van der Waals surface area contributed by atoms with Crippen LogP contribution in [-0.2, 0) is 11.2 Å². The zero-order chi connectivity index (χ0) is 12.9. The first-order valence-electron chi connectivity index (χ1n) is 5.89. The van der Waals surface area contributed by atoms with E-state index in [9.17, 15) is 4.79 Å². The quantitative estimate of drug-likeness (QED) is 0.849. The van der Waals surface area contributed by atoms with E-state index in [-0.39, 0.29) is 12.0 Å². The van der Waals surface area contributed by atoms with Gasteiger partial charge in [0, 0.05) is 23.5 Å². The molecule has 0 saturated heterocycles. The van der Waals surface area contributed by atoms with Crippen LogP contribution in [0.25, 0.3) is 0 Å². The van der Waals surface area contributed by atoms with E-state index < -0.39 is 5.97 Å². The molecule has 17 heavy (non-hydrogen) atoms. The summed E-state index contributed by atoms with van der Waals surface area (Å²) in [5, 5.41) is 10.8. The number of carboxylic acid groups (broad SMARTS) is 1. The molecule has 0 aliphatic rings. The third kappa shape index (κ3) is 5.33. The van der Waals surface area contributed by atoms with Crippen molar-refractivity contribution >= 4 is 17.3 Å². The van der Waals surface area contributed by atoms with Gasteiger partial charge in [0.15, 0.2) is 0 Å². The van der Waals surface area contributed by atoms with Crippen LogP contribution >= 0.6 is 11.3 Å². The molecule has 0 saturated carbocycles. The number of thiophene rings is 1. The summed E-state index contributed by atoms with van der Waals surface area (Å²) in [6.45, 7) is 7.91. The van der Waals surface area contributed by atoms with Crippen molar-refractivity contribution in [3.8, 4) is 0 Å². The first kappa shape index (κ1) is 14.2. The van der Waals surface area contributed by atoms with Gasteiger partial charge in [-0.3, -0.25) is 9.69 Å². The summed E-state index contributed by atoms with van der Waals surface area (Å²) in [5.41, 5.74) is 0.0205. The number of aliphatic carboxylic acids is 1. The van der Waals surface area contributed by atoms with Crippen LogP contribution in [0, 0.1) is 0 Å². The Hall–Kier alpha value is -0.870. The van der Waals surface area contributed by atoms with Gasteiger partial charge in [0.2, 0.25) is 0 Å². The molecule has 0 aromatic carbocycles. The standard InChI is InChI=1S/C13H21NO2S/c1-13(2,3)14(9-7-12(15)16)8-6-11-5-4-10-17-11/h4-5,10H,6-9H2,1-3H3,(H,15,16). The van der Waals surface area contributed by atoms with Crippen LogP contribution in [0.1, 0.15) is 32.1 Å². The first-order valence-corrected chi connectivity index (χ1v) is 6.77. The molecular formula is C13H21NO2S. The number of hydrogen-bond donors (Lipinski definition) is 1. The molecule has 0 aliphatic carbocycles. The summed E-state index contributed by atoms with van der Waals surface area (Å²) in [4.78, 5) is 14.2. The van der Waals surface area contributed by atoms with Gasteiger partial charge >= 0.3 is 5.97 Å². The Morgan fingerprint density at radius 3 is 2.59 bits per heavy atom. The number of carboxylic acids is 1. The second-order valence-corrected chi connectivity index (χ2v) is 6.16. The summed E-state index contributed by atoms with van der Waals surface area (Å²) >= 11 is 1.76. The lowest BCUT2D eigenvalue weighted by molar-refractivity contribution is -0.137. The summed E-state index contributed by atoms with van der Waals surface area (Å²) < 4.78 is 0. The van der Waals surface area contributed by atoms with Crippen molar-refractivity contribution in [3.63, 3.8) is 0 Å². The fraction of sp³-hybridized carbons (Fsp3) is 0.615. The van der Waals surface area contributed by atoms with E-state index in [4.69, 9.17) is 5.11 Å². The van der Waals surface area contributed by atoms with Crippen molar-refractivity contribution in [1.82, 2.24) is 4.90 Å². The van der Waals surface area contributed by atoms with Crippen LogP contribution in [0.15, 0.2) is 17.5 Å². The lowest BCUT2D eigenvalue weighted by atomic mass is 10.1. The maximum atomic E-state index is 10.6. The topological polar surface area (TPSA) is 40.5 Å². The highest BCUT2D eigenvalue weighted by Crippen LogP contribution is 2.16. The molecule has 3 nitrogen and oxygen atoms in total. The van der Waals surface area contributed by atoms with Gasteiger partial charge in [-0.15, -0.1) is 11.3 Å². The van der Waals surface area contributed by atoms with E-state index in [1.165, 1.54) is 4.88 Å². The van der Waals surface area contributed by atoms with Gasteiger partial charge in [-0.1, -0.05) is 6.07 Å². The van der Waals surface area contributed by atoms with Crippen molar-refractivity contribution in [2.75, 3.05) is 13.1 Å². The number of carbonyl (C=O) groups is 1. The number of rotatable bonds is 6. The van der Waals surface area contributed by atoms with Gasteiger partial charge in [0.05, 0.1) is 6.42 Å². The summed E-state index contributed by atoms with van der Waals surface area (Å²) in [5.74, 6) is -0.727. The molecule has 96 valence electrons. The molecule has 1 rings (SSSR count). The third-order valence-electron chi connectivity index (χ3n) is 2.75. The lowest BCUT2D eigenvalue weighted by Crippen LogP contribution is -2.43. The summed E-state index contributed by atoms with van der Waals surface area (Å²) in [6, 6.07) is 4.18. The Balaban J connectivity index is 2.49. The van der Waals surface area contributed by atoms with Gasteiger partial charge in [0.1, 0.15) is 0 Å².